The van der Waals surface area contributed by atoms with E-state index in [1.165, 1.54) is 15.3 Å². The molecule has 2 heterocycles. The average Bonchev–Trinajstić information content (AvgIpc) is 3.09. The Labute approximate surface area is 121 Å². The predicted octanol–water partition coefficient (Wildman–Crippen LogP) is 3.40. The molecule has 0 aliphatic carbocycles. The van der Waals surface area contributed by atoms with Crippen molar-refractivity contribution in [2.75, 3.05) is 0 Å². The van der Waals surface area contributed by atoms with E-state index in [1.807, 2.05) is 6.07 Å². The van der Waals surface area contributed by atoms with Crippen LogP contribution in [0.25, 0.3) is 10.4 Å². The van der Waals surface area contributed by atoms with Crippen molar-refractivity contribution >= 4 is 11.3 Å². The topological polar surface area (TPSA) is 51.0 Å². The van der Waals surface area contributed by atoms with E-state index >= 15 is 0 Å². The molecule has 1 N–H and O–H groups in total. The van der Waals surface area contributed by atoms with Crippen molar-refractivity contribution in [1.82, 2.24) is 15.5 Å². The minimum absolute atomic E-state index is 0.601. The van der Waals surface area contributed by atoms with Gasteiger partial charge in [-0.1, -0.05) is 35.5 Å². The van der Waals surface area contributed by atoms with E-state index in [-0.39, 0.29) is 0 Å². The lowest BCUT2D eigenvalue weighted by molar-refractivity contribution is 0.385. The summed E-state index contributed by atoms with van der Waals surface area (Å²) in [6, 6.07) is 14.7. The molecule has 1 aromatic carbocycles. The molecular weight excluding hydrogens is 270 g/mol. The minimum Gasteiger partial charge on any atom is -0.340 e. The predicted molar refractivity (Wildman–Crippen MR) is 79.3 cm³/mol. The van der Waals surface area contributed by atoms with Gasteiger partial charge in [-0.25, -0.2) is 0 Å². The maximum Gasteiger partial charge on any atom is 0.223 e. The molecule has 0 unspecified atom stereocenters. The van der Waals surface area contributed by atoms with Gasteiger partial charge in [-0.3, -0.25) is 0 Å². The minimum atomic E-state index is 0.601. The highest BCUT2D eigenvalue weighted by Gasteiger charge is 2.04. The summed E-state index contributed by atoms with van der Waals surface area (Å²) in [5, 5.41) is 7.18. The van der Waals surface area contributed by atoms with E-state index in [0.717, 1.165) is 6.54 Å². The van der Waals surface area contributed by atoms with E-state index < -0.39 is 0 Å². The van der Waals surface area contributed by atoms with Crippen LogP contribution in [0.3, 0.4) is 0 Å². The second-order valence-electron chi connectivity index (χ2n) is 4.47. The van der Waals surface area contributed by atoms with Crippen LogP contribution in [0, 0.1) is 6.92 Å². The zero-order chi connectivity index (χ0) is 13.8. The third-order valence-corrected chi connectivity index (χ3v) is 4.01. The van der Waals surface area contributed by atoms with Crippen molar-refractivity contribution in [3.8, 4) is 10.4 Å². The molecule has 3 aromatic rings. The highest BCUT2D eigenvalue weighted by molar-refractivity contribution is 7.15. The Hall–Kier alpha value is -1.98. The van der Waals surface area contributed by atoms with Crippen molar-refractivity contribution in [1.29, 1.82) is 0 Å². The third kappa shape index (κ3) is 3.12. The Balaban J connectivity index is 1.58. The monoisotopic (exact) mass is 285 g/mol. The first-order valence-electron chi connectivity index (χ1n) is 6.45. The molecule has 5 heteroatoms. The van der Waals surface area contributed by atoms with Crippen molar-refractivity contribution < 1.29 is 4.52 Å². The quantitative estimate of drug-likeness (QED) is 0.780. The summed E-state index contributed by atoms with van der Waals surface area (Å²) in [5.41, 5.74) is 1.26. The molecule has 0 atom stereocenters. The van der Waals surface area contributed by atoms with Crippen LogP contribution in [0.1, 0.15) is 16.6 Å². The fraction of sp³-hybridized carbons (Fsp3) is 0.200. The maximum atomic E-state index is 4.93. The summed E-state index contributed by atoms with van der Waals surface area (Å²) in [7, 11) is 0. The molecule has 0 amide bonds. The molecule has 0 radical (unpaired) electrons. The van der Waals surface area contributed by atoms with Gasteiger partial charge >= 0.3 is 0 Å². The Morgan fingerprint density at radius 3 is 2.70 bits per heavy atom. The summed E-state index contributed by atoms with van der Waals surface area (Å²) in [5.74, 6) is 1.30. The number of hydrogen-bond donors (Lipinski definition) is 1. The van der Waals surface area contributed by atoms with Crippen molar-refractivity contribution in [3.05, 3.63) is 59.1 Å². The van der Waals surface area contributed by atoms with E-state index in [0.29, 0.717) is 18.3 Å². The molecule has 0 spiro atoms. The summed E-state index contributed by atoms with van der Waals surface area (Å²) in [6.07, 6.45) is 0. The fourth-order valence-electron chi connectivity index (χ4n) is 1.94. The Morgan fingerprint density at radius 2 is 1.95 bits per heavy atom. The van der Waals surface area contributed by atoms with Gasteiger partial charge in [0.2, 0.25) is 5.89 Å². The van der Waals surface area contributed by atoms with Gasteiger partial charge in [0, 0.05) is 23.2 Å². The van der Waals surface area contributed by atoms with Crippen molar-refractivity contribution in [3.63, 3.8) is 0 Å². The molecule has 102 valence electrons. The highest BCUT2D eigenvalue weighted by Crippen LogP contribution is 2.27. The van der Waals surface area contributed by atoms with E-state index in [9.17, 15) is 0 Å². The number of aryl methyl sites for hydroxylation is 1. The number of hydrogen-bond acceptors (Lipinski definition) is 5. The van der Waals surface area contributed by atoms with Gasteiger partial charge in [-0.2, -0.15) is 4.98 Å². The highest BCUT2D eigenvalue weighted by atomic mass is 32.1. The second kappa shape index (κ2) is 5.98. The van der Waals surface area contributed by atoms with Crippen LogP contribution in [0.15, 0.2) is 47.0 Å². The maximum absolute atomic E-state index is 4.93. The van der Waals surface area contributed by atoms with Gasteiger partial charge in [0.1, 0.15) is 0 Å². The number of rotatable bonds is 5. The Kier molecular flexibility index (Phi) is 3.90. The van der Waals surface area contributed by atoms with Gasteiger partial charge in [0.25, 0.3) is 0 Å². The van der Waals surface area contributed by atoms with E-state index in [1.54, 1.807) is 18.3 Å². The number of thiophene rings is 1. The first-order chi connectivity index (χ1) is 9.81. The third-order valence-electron chi connectivity index (χ3n) is 2.87. The van der Waals surface area contributed by atoms with Crippen LogP contribution in [-0.4, -0.2) is 10.1 Å². The second-order valence-corrected chi connectivity index (χ2v) is 5.63. The molecule has 3 rings (SSSR count). The zero-order valence-corrected chi connectivity index (χ0v) is 12.0. The number of aromatic nitrogens is 2. The van der Waals surface area contributed by atoms with Gasteiger partial charge in [0.05, 0.1) is 6.54 Å². The van der Waals surface area contributed by atoms with Gasteiger partial charge in [-0.05, 0) is 17.7 Å². The molecule has 0 aliphatic heterocycles. The standard InChI is InChI=1S/C15H15N3OS/c1-11-17-15(18-19-11)10-16-9-13-7-8-14(20-13)12-5-3-2-4-6-12/h2-8,16H,9-10H2,1H3. The fourth-order valence-corrected chi connectivity index (χ4v) is 2.92. The smallest absolute Gasteiger partial charge is 0.223 e. The van der Waals surface area contributed by atoms with Gasteiger partial charge in [-0.15, -0.1) is 11.3 Å². The molecule has 20 heavy (non-hydrogen) atoms. The molecular formula is C15H15N3OS. The molecule has 0 bridgehead atoms. The van der Waals surface area contributed by atoms with Crippen LogP contribution < -0.4 is 5.32 Å². The largest absolute Gasteiger partial charge is 0.340 e. The summed E-state index contributed by atoms with van der Waals surface area (Å²) >= 11 is 1.80. The Morgan fingerprint density at radius 1 is 1.10 bits per heavy atom. The normalized spacial score (nSPS) is 10.8. The van der Waals surface area contributed by atoms with Crippen molar-refractivity contribution in [2.45, 2.75) is 20.0 Å². The summed E-state index contributed by atoms with van der Waals surface area (Å²) < 4.78 is 4.93. The number of benzene rings is 1. The van der Waals surface area contributed by atoms with Crippen LogP contribution in [0.2, 0.25) is 0 Å². The average molecular weight is 285 g/mol. The van der Waals surface area contributed by atoms with Crippen LogP contribution in [0.4, 0.5) is 0 Å². The first-order valence-corrected chi connectivity index (χ1v) is 7.27. The van der Waals surface area contributed by atoms with Gasteiger partial charge in [0.15, 0.2) is 5.82 Å². The Bertz CT molecular complexity index is 675. The van der Waals surface area contributed by atoms with Crippen molar-refractivity contribution in [2.24, 2.45) is 0 Å². The van der Waals surface area contributed by atoms with E-state index in [2.05, 4.69) is 51.9 Å². The summed E-state index contributed by atoms with van der Waals surface area (Å²) in [4.78, 5) is 6.74. The number of nitrogens with zero attached hydrogens (tertiary/aromatic N) is 2. The SMILES string of the molecule is Cc1nc(CNCc2ccc(-c3ccccc3)s2)no1. The molecule has 0 saturated carbocycles. The molecule has 0 fully saturated rings. The van der Waals surface area contributed by atoms with Gasteiger partial charge < -0.3 is 9.84 Å². The molecule has 4 nitrogen and oxygen atoms in total. The summed E-state index contributed by atoms with van der Waals surface area (Å²) in [6.45, 7) is 3.23. The molecule has 2 aromatic heterocycles. The van der Waals surface area contributed by atoms with Crippen LogP contribution in [0.5, 0.6) is 0 Å². The molecule has 0 saturated heterocycles. The number of nitrogens with one attached hydrogen (secondary N) is 1. The lowest BCUT2D eigenvalue weighted by atomic mass is 10.2. The lowest BCUT2D eigenvalue weighted by Crippen LogP contribution is -2.12. The molecule has 0 aliphatic rings. The zero-order valence-electron chi connectivity index (χ0n) is 11.2. The van der Waals surface area contributed by atoms with Crippen LogP contribution >= 0.6 is 11.3 Å². The van der Waals surface area contributed by atoms with E-state index in [4.69, 9.17) is 4.52 Å². The first kappa shape index (κ1) is 13.0. The lowest BCUT2D eigenvalue weighted by Gasteiger charge is -1.98. The van der Waals surface area contributed by atoms with Crippen LogP contribution in [-0.2, 0) is 13.1 Å².